The number of hydrogen-bond donors (Lipinski definition) is 1. The van der Waals surface area contributed by atoms with E-state index < -0.39 is 6.10 Å². The van der Waals surface area contributed by atoms with Gasteiger partial charge >= 0.3 is 0 Å². The molecule has 2 aromatic carbocycles. The van der Waals surface area contributed by atoms with E-state index in [1.54, 1.807) is 30.3 Å². The fourth-order valence-electron chi connectivity index (χ4n) is 2.21. The lowest BCUT2D eigenvalue weighted by molar-refractivity contribution is -0.122. The van der Waals surface area contributed by atoms with Gasteiger partial charge in [0.1, 0.15) is 5.75 Å². The van der Waals surface area contributed by atoms with Gasteiger partial charge in [0.15, 0.2) is 17.6 Å². The Labute approximate surface area is 139 Å². The smallest absolute Gasteiger partial charge is 0.265 e. The largest absolute Gasteiger partial charge is 0.479 e. The lowest BCUT2D eigenvalue weighted by Gasteiger charge is -2.18. The summed E-state index contributed by atoms with van der Waals surface area (Å²) in [7, 11) is 0. The van der Waals surface area contributed by atoms with Crippen molar-refractivity contribution in [3.05, 3.63) is 47.5 Å². The fourth-order valence-corrected chi connectivity index (χ4v) is 2.39. The number of halogens is 1. The highest BCUT2D eigenvalue weighted by atomic mass is 35.5. The minimum atomic E-state index is -0.639. The molecule has 0 aromatic heterocycles. The lowest BCUT2D eigenvalue weighted by Crippen LogP contribution is -2.32. The Morgan fingerprint density at radius 2 is 2.04 bits per heavy atom. The van der Waals surface area contributed by atoms with Crippen LogP contribution in [0, 0.1) is 0 Å². The lowest BCUT2D eigenvalue weighted by atomic mass is 10.2. The maximum atomic E-state index is 12.4. The second kappa shape index (κ2) is 6.79. The minimum absolute atomic E-state index is 0.194. The molecule has 0 saturated carbocycles. The molecule has 1 unspecified atom stereocenters. The predicted octanol–water partition coefficient (Wildman–Crippen LogP) is 3.86. The Bertz CT molecular complexity index is 719. The van der Waals surface area contributed by atoms with Gasteiger partial charge < -0.3 is 19.5 Å². The van der Waals surface area contributed by atoms with E-state index in [2.05, 4.69) is 5.32 Å². The third kappa shape index (κ3) is 3.51. The summed E-state index contributed by atoms with van der Waals surface area (Å²) in [6.45, 7) is 2.07. The molecule has 23 heavy (non-hydrogen) atoms. The van der Waals surface area contributed by atoms with Crippen LogP contribution in [0.5, 0.6) is 17.2 Å². The van der Waals surface area contributed by atoms with Gasteiger partial charge in [-0.3, -0.25) is 4.79 Å². The maximum absolute atomic E-state index is 12.4. The highest BCUT2D eigenvalue weighted by Crippen LogP contribution is 2.34. The molecule has 3 rings (SSSR count). The fraction of sp³-hybridized carbons (Fsp3) is 0.235. The van der Waals surface area contributed by atoms with Gasteiger partial charge in [0.2, 0.25) is 6.79 Å². The molecule has 0 bridgehead atoms. The van der Waals surface area contributed by atoms with E-state index in [4.69, 9.17) is 25.8 Å². The number of hydrogen-bond acceptors (Lipinski definition) is 4. The topological polar surface area (TPSA) is 56.8 Å². The Morgan fingerprint density at radius 1 is 1.26 bits per heavy atom. The molecule has 1 aliphatic rings. The Balaban J connectivity index is 1.69. The van der Waals surface area contributed by atoms with E-state index in [-0.39, 0.29) is 12.7 Å². The number of amides is 1. The van der Waals surface area contributed by atoms with Crippen molar-refractivity contribution in [2.24, 2.45) is 0 Å². The van der Waals surface area contributed by atoms with Crippen molar-refractivity contribution in [2.75, 3.05) is 12.1 Å². The van der Waals surface area contributed by atoms with Crippen LogP contribution in [-0.2, 0) is 4.79 Å². The number of anilines is 1. The number of nitrogens with one attached hydrogen (secondary N) is 1. The van der Waals surface area contributed by atoms with Crippen molar-refractivity contribution in [3.63, 3.8) is 0 Å². The number of fused-ring (bicyclic) bond motifs is 1. The van der Waals surface area contributed by atoms with Crippen LogP contribution in [-0.4, -0.2) is 18.8 Å². The number of para-hydroxylation sites is 1. The van der Waals surface area contributed by atoms with E-state index >= 15 is 0 Å². The predicted molar refractivity (Wildman–Crippen MR) is 87.4 cm³/mol. The molecule has 1 aliphatic heterocycles. The molecule has 0 saturated heterocycles. The SMILES string of the molecule is CCC(Oc1ccccc1Cl)C(=O)Nc1ccc2c(c1)OCO2. The number of carbonyl (C=O) groups is 1. The average molecular weight is 334 g/mol. The molecule has 6 heteroatoms. The third-order valence-corrected chi connectivity index (χ3v) is 3.72. The second-order valence-corrected chi connectivity index (χ2v) is 5.41. The molecule has 0 aliphatic carbocycles. The van der Waals surface area contributed by atoms with Crippen LogP contribution in [0.1, 0.15) is 13.3 Å². The summed E-state index contributed by atoms with van der Waals surface area (Å²) in [5.74, 6) is 1.53. The summed E-state index contributed by atoms with van der Waals surface area (Å²) in [6, 6.07) is 12.3. The van der Waals surface area contributed by atoms with Gasteiger partial charge in [-0.15, -0.1) is 0 Å². The van der Waals surface area contributed by atoms with Gasteiger partial charge in [-0.1, -0.05) is 30.7 Å². The first-order valence-electron chi connectivity index (χ1n) is 7.29. The van der Waals surface area contributed by atoms with Crippen molar-refractivity contribution in [1.29, 1.82) is 0 Å². The van der Waals surface area contributed by atoms with Crippen molar-refractivity contribution < 1.29 is 19.0 Å². The van der Waals surface area contributed by atoms with Gasteiger partial charge in [-0.05, 0) is 30.7 Å². The van der Waals surface area contributed by atoms with Crippen molar-refractivity contribution >= 4 is 23.2 Å². The van der Waals surface area contributed by atoms with Gasteiger partial charge in [0.05, 0.1) is 5.02 Å². The summed E-state index contributed by atoms with van der Waals surface area (Å²) >= 11 is 6.07. The number of carbonyl (C=O) groups excluding carboxylic acids is 1. The van der Waals surface area contributed by atoms with Crippen LogP contribution in [0.3, 0.4) is 0 Å². The van der Waals surface area contributed by atoms with E-state index in [1.165, 1.54) is 0 Å². The quantitative estimate of drug-likeness (QED) is 0.902. The molecule has 2 aromatic rings. The minimum Gasteiger partial charge on any atom is -0.479 e. The molecule has 1 amide bonds. The zero-order valence-electron chi connectivity index (χ0n) is 12.5. The Kier molecular flexibility index (Phi) is 4.57. The molecule has 1 N–H and O–H groups in total. The van der Waals surface area contributed by atoms with E-state index in [1.807, 2.05) is 19.1 Å². The summed E-state index contributed by atoms with van der Waals surface area (Å²) in [4.78, 5) is 12.4. The molecule has 0 radical (unpaired) electrons. The maximum Gasteiger partial charge on any atom is 0.265 e. The van der Waals surface area contributed by atoms with E-state index in [0.29, 0.717) is 34.4 Å². The number of ether oxygens (including phenoxy) is 3. The third-order valence-electron chi connectivity index (χ3n) is 3.41. The van der Waals surface area contributed by atoms with Crippen LogP contribution >= 0.6 is 11.6 Å². The number of rotatable bonds is 5. The normalized spacial score (nSPS) is 13.5. The van der Waals surface area contributed by atoms with Crippen molar-refractivity contribution in [2.45, 2.75) is 19.4 Å². The Hall–Kier alpha value is -2.40. The molecular formula is C17H16ClNO4. The molecule has 0 fully saturated rings. The summed E-state index contributed by atoms with van der Waals surface area (Å²) in [5.41, 5.74) is 0.625. The first-order valence-corrected chi connectivity index (χ1v) is 7.67. The highest BCUT2D eigenvalue weighted by molar-refractivity contribution is 6.32. The molecule has 1 heterocycles. The summed E-state index contributed by atoms with van der Waals surface area (Å²) in [5, 5.41) is 3.29. The van der Waals surface area contributed by atoms with Gasteiger partial charge in [0, 0.05) is 11.8 Å². The average Bonchev–Trinajstić information content (AvgIpc) is 3.01. The Morgan fingerprint density at radius 3 is 2.83 bits per heavy atom. The molecular weight excluding hydrogens is 318 g/mol. The van der Waals surface area contributed by atoms with E-state index in [0.717, 1.165) is 0 Å². The van der Waals surface area contributed by atoms with Crippen LogP contribution in [0.2, 0.25) is 5.02 Å². The summed E-state index contributed by atoms with van der Waals surface area (Å²) < 4.78 is 16.3. The zero-order valence-corrected chi connectivity index (χ0v) is 13.3. The first kappa shape index (κ1) is 15.5. The van der Waals surface area contributed by atoms with Crippen LogP contribution in [0.25, 0.3) is 0 Å². The van der Waals surface area contributed by atoms with Gasteiger partial charge in [-0.2, -0.15) is 0 Å². The van der Waals surface area contributed by atoms with Crippen molar-refractivity contribution in [3.8, 4) is 17.2 Å². The van der Waals surface area contributed by atoms with Gasteiger partial charge in [0.25, 0.3) is 5.91 Å². The molecule has 120 valence electrons. The number of benzene rings is 2. The second-order valence-electron chi connectivity index (χ2n) is 5.00. The van der Waals surface area contributed by atoms with Gasteiger partial charge in [-0.25, -0.2) is 0 Å². The molecule has 0 spiro atoms. The van der Waals surface area contributed by atoms with Crippen LogP contribution < -0.4 is 19.5 Å². The molecule has 5 nitrogen and oxygen atoms in total. The van der Waals surface area contributed by atoms with Crippen LogP contribution in [0.15, 0.2) is 42.5 Å². The van der Waals surface area contributed by atoms with E-state index in [9.17, 15) is 4.79 Å². The highest BCUT2D eigenvalue weighted by Gasteiger charge is 2.21. The van der Waals surface area contributed by atoms with Crippen LogP contribution in [0.4, 0.5) is 5.69 Å². The monoisotopic (exact) mass is 333 g/mol. The standard InChI is InChI=1S/C17H16ClNO4/c1-2-13(23-14-6-4-3-5-12(14)18)17(20)19-11-7-8-15-16(9-11)22-10-21-15/h3-9,13H,2,10H2,1H3,(H,19,20). The molecule has 1 atom stereocenters. The summed E-state index contributed by atoms with van der Waals surface area (Å²) in [6.07, 6.45) is -0.123. The first-order chi connectivity index (χ1) is 11.2. The van der Waals surface area contributed by atoms with Crippen molar-refractivity contribution in [1.82, 2.24) is 0 Å². The zero-order chi connectivity index (χ0) is 16.2.